The maximum absolute atomic E-state index is 13.8. The summed E-state index contributed by atoms with van der Waals surface area (Å²) in [4.78, 5) is 23.3. The summed E-state index contributed by atoms with van der Waals surface area (Å²) in [6, 6.07) is 7.90. The summed E-state index contributed by atoms with van der Waals surface area (Å²) in [7, 11) is 3.35. The molecule has 1 fully saturated rings. The minimum atomic E-state index is -0.512. The highest BCUT2D eigenvalue weighted by Gasteiger charge is 2.30. The van der Waals surface area contributed by atoms with Crippen molar-refractivity contribution in [3.05, 3.63) is 48.2 Å². The molecular formula is C19H20FN5O2. The van der Waals surface area contributed by atoms with E-state index in [1.165, 1.54) is 19.2 Å². The number of hydrogen-bond donors (Lipinski definition) is 1. The van der Waals surface area contributed by atoms with Gasteiger partial charge in [0, 0.05) is 44.0 Å². The van der Waals surface area contributed by atoms with Gasteiger partial charge in [0.15, 0.2) is 17.2 Å². The molecule has 0 spiro atoms. The molecule has 27 heavy (non-hydrogen) atoms. The summed E-state index contributed by atoms with van der Waals surface area (Å²) in [6.45, 7) is 1.17. The number of rotatable bonds is 3. The van der Waals surface area contributed by atoms with Gasteiger partial charge in [0.1, 0.15) is 11.3 Å². The van der Waals surface area contributed by atoms with Crippen LogP contribution in [0.5, 0.6) is 5.75 Å². The summed E-state index contributed by atoms with van der Waals surface area (Å²) in [6.07, 6.45) is 2.57. The molecule has 1 aromatic carbocycles. The highest BCUT2D eigenvalue weighted by Crippen LogP contribution is 2.29. The first kappa shape index (κ1) is 17.3. The van der Waals surface area contributed by atoms with E-state index in [0.29, 0.717) is 18.8 Å². The maximum Gasteiger partial charge on any atom is 0.321 e. The van der Waals surface area contributed by atoms with Gasteiger partial charge in [0.05, 0.1) is 7.11 Å². The molecule has 2 aromatic heterocycles. The Morgan fingerprint density at radius 3 is 2.96 bits per heavy atom. The molecule has 3 aromatic rings. The lowest BCUT2D eigenvalue weighted by atomic mass is 10.1. The van der Waals surface area contributed by atoms with Crippen LogP contribution in [0.1, 0.15) is 18.2 Å². The van der Waals surface area contributed by atoms with Crippen molar-refractivity contribution in [2.45, 2.75) is 12.3 Å². The molecule has 7 nitrogen and oxygen atoms in total. The number of carbonyl (C=O) groups excluding carboxylic acids is 1. The summed E-state index contributed by atoms with van der Waals surface area (Å²) < 4.78 is 20.7. The van der Waals surface area contributed by atoms with Gasteiger partial charge in [-0.15, -0.1) is 0 Å². The number of anilines is 1. The number of carbonyl (C=O) groups is 1. The van der Waals surface area contributed by atoms with E-state index in [0.717, 1.165) is 23.4 Å². The van der Waals surface area contributed by atoms with Gasteiger partial charge in [-0.2, -0.15) is 0 Å². The lowest BCUT2D eigenvalue weighted by molar-refractivity contribution is 0.222. The predicted octanol–water partition coefficient (Wildman–Crippen LogP) is 3.14. The SMILES string of the molecule is COc1ccc(NC(=O)N2CC[C@H](c3nc4cccnc4n3C)C2)cc1F. The number of nitrogens with one attached hydrogen (secondary N) is 1. The Balaban J connectivity index is 1.46. The van der Waals surface area contributed by atoms with Crippen LogP contribution >= 0.6 is 0 Å². The van der Waals surface area contributed by atoms with Crippen molar-refractivity contribution in [1.82, 2.24) is 19.4 Å². The number of nitrogens with zero attached hydrogens (tertiary/aromatic N) is 4. The number of aryl methyl sites for hydroxylation is 1. The number of fused-ring (bicyclic) bond motifs is 1. The molecule has 3 heterocycles. The second-order valence-corrected chi connectivity index (χ2v) is 6.59. The smallest absolute Gasteiger partial charge is 0.321 e. The quantitative estimate of drug-likeness (QED) is 0.770. The molecule has 4 rings (SSSR count). The predicted molar refractivity (Wildman–Crippen MR) is 99.4 cm³/mol. The Morgan fingerprint density at radius 2 is 2.22 bits per heavy atom. The topological polar surface area (TPSA) is 72.3 Å². The number of likely N-dealkylation sites (tertiary alicyclic amines) is 1. The van der Waals surface area contributed by atoms with Crippen LogP contribution in [-0.4, -0.2) is 45.7 Å². The second-order valence-electron chi connectivity index (χ2n) is 6.59. The lowest BCUT2D eigenvalue weighted by Crippen LogP contribution is -2.33. The van der Waals surface area contributed by atoms with E-state index in [9.17, 15) is 9.18 Å². The van der Waals surface area contributed by atoms with Gasteiger partial charge >= 0.3 is 6.03 Å². The van der Waals surface area contributed by atoms with E-state index in [1.807, 2.05) is 23.7 Å². The van der Waals surface area contributed by atoms with Crippen LogP contribution < -0.4 is 10.1 Å². The third kappa shape index (κ3) is 3.18. The number of ether oxygens (including phenoxy) is 1. The number of halogens is 1. The van der Waals surface area contributed by atoms with Crippen molar-refractivity contribution < 1.29 is 13.9 Å². The third-order valence-electron chi connectivity index (χ3n) is 4.91. The van der Waals surface area contributed by atoms with Crippen LogP contribution in [0, 0.1) is 5.82 Å². The fourth-order valence-corrected chi connectivity index (χ4v) is 3.51. The van der Waals surface area contributed by atoms with Gasteiger partial charge in [-0.1, -0.05) is 0 Å². The number of urea groups is 1. The number of amides is 2. The molecule has 1 saturated heterocycles. The van der Waals surface area contributed by atoms with Crippen LogP contribution in [0.3, 0.4) is 0 Å². The van der Waals surface area contributed by atoms with E-state index < -0.39 is 5.82 Å². The highest BCUT2D eigenvalue weighted by atomic mass is 19.1. The van der Waals surface area contributed by atoms with Gasteiger partial charge in [-0.05, 0) is 30.7 Å². The van der Waals surface area contributed by atoms with Crippen molar-refractivity contribution in [2.75, 3.05) is 25.5 Å². The van der Waals surface area contributed by atoms with Gasteiger partial charge < -0.3 is 19.5 Å². The minimum absolute atomic E-state index is 0.141. The van der Waals surface area contributed by atoms with Gasteiger partial charge in [-0.3, -0.25) is 0 Å². The maximum atomic E-state index is 13.8. The Labute approximate surface area is 155 Å². The number of benzene rings is 1. The van der Waals surface area contributed by atoms with E-state index in [2.05, 4.69) is 15.3 Å². The molecule has 2 amide bonds. The first-order valence-corrected chi connectivity index (χ1v) is 8.73. The molecule has 1 aliphatic heterocycles. The molecule has 1 atom stereocenters. The number of aromatic nitrogens is 3. The van der Waals surface area contributed by atoms with Crippen molar-refractivity contribution in [3.63, 3.8) is 0 Å². The first-order valence-electron chi connectivity index (χ1n) is 8.73. The number of hydrogen-bond acceptors (Lipinski definition) is 4. The largest absolute Gasteiger partial charge is 0.494 e. The zero-order valence-electron chi connectivity index (χ0n) is 15.1. The molecule has 8 heteroatoms. The zero-order chi connectivity index (χ0) is 19.0. The second kappa shape index (κ2) is 6.86. The first-order chi connectivity index (χ1) is 13.1. The van der Waals surface area contributed by atoms with Crippen molar-refractivity contribution >= 4 is 22.9 Å². The molecule has 140 valence electrons. The Bertz CT molecular complexity index is 1000. The van der Waals surface area contributed by atoms with Crippen LogP contribution in [-0.2, 0) is 7.05 Å². The lowest BCUT2D eigenvalue weighted by Gasteiger charge is -2.17. The van der Waals surface area contributed by atoms with Crippen molar-refractivity contribution in [1.29, 1.82) is 0 Å². The van der Waals surface area contributed by atoms with Crippen molar-refractivity contribution in [2.24, 2.45) is 7.05 Å². The van der Waals surface area contributed by atoms with Crippen LogP contribution in [0.25, 0.3) is 11.2 Å². The average Bonchev–Trinajstić information content (AvgIpc) is 3.27. The van der Waals surface area contributed by atoms with Crippen molar-refractivity contribution in [3.8, 4) is 5.75 Å². The standard InChI is InChI=1S/C19H20FN5O2/c1-24-17(23-15-4-3-8-21-18(15)24)12-7-9-25(11-12)19(26)22-13-5-6-16(27-2)14(20)10-13/h3-6,8,10,12H,7,9,11H2,1-2H3,(H,22,26)/t12-/m0/s1. The molecule has 0 bridgehead atoms. The van der Waals surface area contributed by atoms with E-state index in [4.69, 9.17) is 4.74 Å². The third-order valence-corrected chi connectivity index (χ3v) is 4.91. The number of pyridine rings is 1. The average molecular weight is 369 g/mol. The molecule has 0 saturated carbocycles. The molecule has 0 aliphatic carbocycles. The fourth-order valence-electron chi connectivity index (χ4n) is 3.51. The Morgan fingerprint density at radius 1 is 1.37 bits per heavy atom. The van der Waals surface area contributed by atoms with E-state index in [-0.39, 0.29) is 17.7 Å². The van der Waals surface area contributed by atoms with E-state index >= 15 is 0 Å². The normalized spacial score (nSPS) is 16.7. The number of imidazole rings is 1. The molecule has 1 N–H and O–H groups in total. The van der Waals surface area contributed by atoms with Crippen LogP contribution in [0.15, 0.2) is 36.5 Å². The number of methoxy groups -OCH3 is 1. The fraction of sp³-hybridized carbons (Fsp3) is 0.316. The summed E-state index contributed by atoms with van der Waals surface area (Å²) in [5.74, 6) is 0.698. The van der Waals surface area contributed by atoms with Gasteiger partial charge in [-0.25, -0.2) is 19.2 Å². The summed E-state index contributed by atoms with van der Waals surface area (Å²) in [5, 5.41) is 2.74. The summed E-state index contributed by atoms with van der Waals surface area (Å²) in [5.41, 5.74) is 2.09. The van der Waals surface area contributed by atoms with E-state index in [1.54, 1.807) is 17.2 Å². The minimum Gasteiger partial charge on any atom is -0.494 e. The Hall–Kier alpha value is -3.16. The Kier molecular flexibility index (Phi) is 4.39. The molecule has 0 radical (unpaired) electrons. The summed E-state index contributed by atoms with van der Waals surface area (Å²) >= 11 is 0. The van der Waals surface area contributed by atoms with Gasteiger partial charge in [0.2, 0.25) is 0 Å². The monoisotopic (exact) mass is 369 g/mol. The zero-order valence-corrected chi connectivity index (χ0v) is 15.1. The highest BCUT2D eigenvalue weighted by molar-refractivity contribution is 5.89. The van der Waals surface area contributed by atoms with Crippen LogP contribution in [0.4, 0.5) is 14.9 Å². The van der Waals surface area contributed by atoms with Crippen LogP contribution in [0.2, 0.25) is 0 Å². The molecular weight excluding hydrogens is 349 g/mol. The van der Waals surface area contributed by atoms with Gasteiger partial charge in [0.25, 0.3) is 0 Å². The molecule has 1 aliphatic rings. The molecule has 0 unspecified atom stereocenters.